The smallest absolute Gasteiger partial charge is 0.323 e. The summed E-state index contributed by atoms with van der Waals surface area (Å²) in [6, 6.07) is 0. The lowest BCUT2D eigenvalue weighted by molar-refractivity contribution is -0.147. The topological polar surface area (TPSA) is 49.3 Å². The summed E-state index contributed by atoms with van der Waals surface area (Å²) in [5.41, 5.74) is -0.644. The van der Waals surface area contributed by atoms with E-state index < -0.39 is 11.5 Å². The number of aliphatic carboxylic acids is 1. The molecule has 0 bridgehead atoms. The standard InChI is InChI=1S/C14H27NO2/c1-4-11(3)10-15-14(13(16)17)8-6-12(5-2)7-9-14/h11-12,15H,4-10H2,1-3H3,(H,16,17). The number of nitrogens with one attached hydrogen (secondary N) is 1. The molecule has 0 aliphatic heterocycles. The number of hydrogen-bond acceptors (Lipinski definition) is 2. The van der Waals surface area contributed by atoms with Crippen LogP contribution in [-0.4, -0.2) is 23.2 Å². The average Bonchev–Trinajstić information content (AvgIpc) is 2.36. The number of carbonyl (C=O) groups is 1. The number of carboxylic acids is 1. The van der Waals surface area contributed by atoms with E-state index in [0.29, 0.717) is 5.92 Å². The van der Waals surface area contributed by atoms with Crippen LogP contribution >= 0.6 is 0 Å². The molecular formula is C14H27NO2. The van der Waals surface area contributed by atoms with E-state index >= 15 is 0 Å². The summed E-state index contributed by atoms with van der Waals surface area (Å²) in [5, 5.41) is 12.8. The lowest BCUT2D eigenvalue weighted by atomic mass is 9.75. The first-order valence-electron chi connectivity index (χ1n) is 7.02. The van der Waals surface area contributed by atoms with Gasteiger partial charge in [-0.25, -0.2) is 0 Å². The van der Waals surface area contributed by atoms with Gasteiger partial charge in [-0.15, -0.1) is 0 Å². The van der Waals surface area contributed by atoms with Crippen molar-refractivity contribution in [3.63, 3.8) is 0 Å². The molecule has 0 amide bonds. The van der Waals surface area contributed by atoms with Gasteiger partial charge in [-0.1, -0.05) is 33.6 Å². The van der Waals surface area contributed by atoms with Crippen molar-refractivity contribution in [2.75, 3.05) is 6.54 Å². The van der Waals surface area contributed by atoms with Crippen molar-refractivity contribution in [1.82, 2.24) is 5.32 Å². The Hall–Kier alpha value is -0.570. The Morgan fingerprint density at radius 3 is 2.41 bits per heavy atom. The van der Waals surface area contributed by atoms with Crippen LogP contribution in [0.25, 0.3) is 0 Å². The molecule has 1 aliphatic carbocycles. The lowest BCUT2D eigenvalue weighted by Crippen LogP contribution is -2.55. The van der Waals surface area contributed by atoms with Crippen LogP contribution in [0, 0.1) is 11.8 Å². The monoisotopic (exact) mass is 241 g/mol. The van der Waals surface area contributed by atoms with Crippen molar-refractivity contribution < 1.29 is 9.90 Å². The maximum absolute atomic E-state index is 11.5. The molecule has 1 unspecified atom stereocenters. The molecule has 1 saturated carbocycles. The predicted octanol–water partition coefficient (Wildman–Crippen LogP) is 3.05. The minimum absolute atomic E-state index is 0.551. The predicted molar refractivity (Wildman–Crippen MR) is 70.1 cm³/mol. The zero-order chi connectivity index (χ0) is 12.9. The first-order chi connectivity index (χ1) is 8.04. The second-order valence-electron chi connectivity index (χ2n) is 5.63. The summed E-state index contributed by atoms with van der Waals surface area (Å²) in [6.07, 6.45) is 5.96. The third-order valence-corrected chi connectivity index (χ3v) is 4.43. The molecule has 100 valence electrons. The summed E-state index contributed by atoms with van der Waals surface area (Å²) in [5.74, 6) is 0.623. The van der Waals surface area contributed by atoms with Crippen LogP contribution in [0.3, 0.4) is 0 Å². The summed E-state index contributed by atoms with van der Waals surface area (Å²) in [7, 11) is 0. The molecule has 1 aliphatic rings. The van der Waals surface area contributed by atoms with E-state index in [9.17, 15) is 9.90 Å². The van der Waals surface area contributed by atoms with Crippen LogP contribution in [0.5, 0.6) is 0 Å². The molecule has 0 spiro atoms. The Morgan fingerprint density at radius 1 is 1.41 bits per heavy atom. The molecule has 3 nitrogen and oxygen atoms in total. The largest absolute Gasteiger partial charge is 0.480 e. The molecule has 1 fully saturated rings. The van der Waals surface area contributed by atoms with Crippen molar-refractivity contribution in [3.8, 4) is 0 Å². The van der Waals surface area contributed by atoms with Gasteiger partial charge < -0.3 is 10.4 Å². The van der Waals surface area contributed by atoms with Gasteiger partial charge >= 0.3 is 5.97 Å². The number of rotatable bonds is 6. The van der Waals surface area contributed by atoms with Crippen molar-refractivity contribution in [2.24, 2.45) is 11.8 Å². The van der Waals surface area contributed by atoms with E-state index in [4.69, 9.17) is 0 Å². The quantitative estimate of drug-likeness (QED) is 0.751. The summed E-state index contributed by atoms with van der Waals surface area (Å²) < 4.78 is 0. The van der Waals surface area contributed by atoms with E-state index in [1.54, 1.807) is 0 Å². The summed E-state index contributed by atoms with van der Waals surface area (Å²) in [4.78, 5) is 11.5. The lowest BCUT2D eigenvalue weighted by Gasteiger charge is -2.38. The van der Waals surface area contributed by atoms with Gasteiger partial charge in [-0.2, -0.15) is 0 Å². The van der Waals surface area contributed by atoms with E-state index in [-0.39, 0.29) is 0 Å². The molecule has 3 heteroatoms. The fourth-order valence-corrected chi connectivity index (χ4v) is 2.56. The summed E-state index contributed by atoms with van der Waals surface area (Å²) >= 11 is 0. The van der Waals surface area contributed by atoms with Gasteiger partial charge in [0.25, 0.3) is 0 Å². The van der Waals surface area contributed by atoms with E-state index in [2.05, 4.69) is 26.1 Å². The fraction of sp³-hybridized carbons (Fsp3) is 0.929. The molecule has 17 heavy (non-hydrogen) atoms. The third kappa shape index (κ3) is 3.70. The van der Waals surface area contributed by atoms with Gasteiger partial charge in [-0.3, -0.25) is 4.79 Å². The summed E-state index contributed by atoms with van der Waals surface area (Å²) in [6.45, 7) is 7.33. The third-order valence-electron chi connectivity index (χ3n) is 4.43. The zero-order valence-corrected chi connectivity index (χ0v) is 11.5. The number of hydrogen-bond donors (Lipinski definition) is 2. The molecule has 0 aromatic rings. The molecule has 2 N–H and O–H groups in total. The highest BCUT2D eigenvalue weighted by Gasteiger charge is 2.41. The zero-order valence-electron chi connectivity index (χ0n) is 11.5. The highest BCUT2D eigenvalue weighted by Crippen LogP contribution is 2.34. The van der Waals surface area contributed by atoms with E-state index in [1.807, 2.05) is 0 Å². The second kappa shape index (κ2) is 6.39. The van der Waals surface area contributed by atoms with Gasteiger partial charge in [-0.05, 0) is 44.1 Å². The van der Waals surface area contributed by atoms with Crippen LogP contribution in [0.4, 0.5) is 0 Å². The maximum atomic E-state index is 11.5. The normalized spacial score (nSPS) is 31.1. The fourth-order valence-electron chi connectivity index (χ4n) is 2.56. The van der Waals surface area contributed by atoms with Crippen LogP contribution < -0.4 is 5.32 Å². The SMILES string of the molecule is CCC(C)CNC1(C(=O)O)CCC(CC)CC1. The van der Waals surface area contributed by atoms with Crippen molar-refractivity contribution in [1.29, 1.82) is 0 Å². The van der Waals surface area contributed by atoms with Gasteiger partial charge in [0.2, 0.25) is 0 Å². The molecule has 0 radical (unpaired) electrons. The Morgan fingerprint density at radius 2 is 2.00 bits per heavy atom. The van der Waals surface area contributed by atoms with Crippen molar-refractivity contribution in [2.45, 2.75) is 64.8 Å². The van der Waals surface area contributed by atoms with E-state index in [1.165, 1.54) is 6.42 Å². The van der Waals surface area contributed by atoms with Crippen LogP contribution in [0.1, 0.15) is 59.3 Å². The first-order valence-corrected chi connectivity index (χ1v) is 7.02. The molecule has 0 heterocycles. The van der Waals surface area contributed by atoms with Gasteiger partial charge in [0, 0.05) is 0 Å². The molecule has 0 aromatic heterocycles. The minimum atomic E-state index is -0.657. The molecule has 1 rings (SSSR count). The van der Waals surface area contributed by atoms with Crippen LogP contribution in [-0.2, 0) is 4.79 Å². The average molecular weight is 241 g/mol. The van der Waals surface area contributed by atoms with Gasteiger partial charge in [0.1, 0.15) is 5.54 Å². The second-order valence-corrected chi connectivity index (χ2v) is 5.63. The highest BCUT2D eigenvalue weighted by molar-refractivity contribution is 5.78. The maximum Gasteiger partial charge on any atom is 0.323 e. The first kappa shape index (κ1) is 14.5. The molecule has 0 saturated heterocycles. The van der Waals surface area contributed by atoms with Crippen molar-refractivity contribution in [3.05, 3.63) is 0 Å². The molecular weight excluding hydrogens is 214 g/mol. The van der Waals surface area contributed by atoms with Gasteiger partial charge in [0.05, 0.1) is 0 Å². The van der Waals surface area contributed by atoms with E-state index in [0.717, 1.165) is 44.6 Å². The Bertz CT molecular complexity index is 245. The Balaban J connectivity index is 2.56. The highest BCUT2D eigenvalue weighted by atomic mass is 16.4. The van der Waals surface area contributed by atoms with Crippen LogP contribution in [0.2, 0.25) is 0 Å². The molecule has 0 aromatic carbocycles. The van der Waals surface area contributed by atoms with Crippen LogP contribution in [0.15, 0.2) is 0 Å². The molecule has 1 atom stereocenters. The van der Waals surface area contributed by atoms with Gasteiger partial charge in [0.15, 0.2) is 0 Å². The Labute approximate surface area is 105 Å². The number of carboxylic acid groups (broad SMARTS) is 1. The van der Waals surface area contributed by atoms with Crippen molar-refractivity contribution >= 4 is 5.97 Å². The minimum Gasteiger partial charge on any atom is -0.480 e. The Kier molecular flexibility index (Phi) is 5.44.